The molecule has 0 radical (unpaired) electrons. The van der Waals surface area contributed by atoms with E-state index in [-0.39, 0.29) is 0 Å². The molecule has 3 heteroatoms. The standard InChI is InChI=1S/C10H22N2O/c1-9(8-13)6-12-4-2-3-10(5-11)7-12/h9-10,13H,2-8,11H2,1H3. The Morgan fingerprint density at radius 3 is 3.00 bits per heavy atom. The van der Waals surface area contributed by atoms with Crippen molar-refractivity contribution in [1.82, 2.24) is 4.90 Å². The van der Waals surface area contributed by atoms with Crippen LogP contribution in [0.1, 0.15) is 19.8 Å². The second-order valence-corrected chi connectivity index (χ2v) is 4.29. The number of aliphatic hydroxyl groups excluding tert-OH is 1. The summed E-state index contributed by atoms with van der Waals surface area (Å²) >= 11 is 0. The number of nitrogens with two attached hydrogens (primary N) is 1. The molecular formula is C10H22N2O. The Morgan fingerprint density at radius 2 is 2.38 bits per heavy atom. The van der Waals surface area contributed by atoms with Crippen molar-refractivity contribution in [3.05, 3.63) is 0 Å². The van der Waals surface area contributed by atoms with Gasteiger partial charge in [-0.15, -0.1) is 0 Å². The zero-order valence-corrected chi connectivity index (χ0v) is 8.58. The average molecular weight is 186 g/mol. The lowest BCUT2D eigenvalue weighted by molar-refractivity contribution is 0.130. The first-order valence-electron chi connectivity index (χ1n) is 5.29. The van der Waals surface area contributed by atoms with Gasteiger partial charge >= 0.3 is 0 Å². The van der Waals surface area contributed by atoms with E-state index in [1.165, 1.54) is 19.4 Å². The van der Waals surface area contributed by atoms with E-state index >= 15 is 0 Å². The highest BCUT2D eigenvalue weighted by atomic mass is 16.3. The summed E-state index contributed by atoms with van der Waals surface area (Å²) in [6, 6.07) is 0. The molecule has 0 aromatic rings. The lowest BCUT2D eigenvalue weighted by Gasteiger charge is -2.33. The maximum absolute atomic E-state index is 8.94. The molecule has 3 N–H and O–H groups in total. The first-order valence-corrected chi connectivity index (χ1v) is 5.29. The molecular weight excluding hydrogens is 164 g/mol. The van der Waals surface area contributed by atoms with E-state index in [1.807, 2.05) is 0 Å². The minimum atomic E-state index is 0.295. The van der Waals surface area contributed by atoms with Crippen LogP contribution in [-0.4, -0.2) is 42.8 Å². The number of likely N-dealkylation sites (tertiary alicyclic amines) is 1. The van der Waals surface area contributed by atoms with Crippen molar-refractivity contribution in [3.63, 3.8) is 0 Å². The van der Waals surface area contributed by atoms with Crippen LogP contribution in [0.5, 0.6) is 0 Å². The Balaban J connectivity index is 2.25. The maximum atomic E-state index is 8.94. The van der Waals surface area contributed by atoms with Gasteiger partial charge in [0.1, 0.15) is 0 Å². The number of hydrogen-bond donors (Lipinski definition) is 2. The van der Waals surface area contributed by atoms with Gasteiger partial charge in [-0.3, -0.25) is 0 Å². The van der Waals surface area contributed by atoms with Crippen molar-refractivity contribution >= 4 is 0 Å². The molecule has 0 spiro atoms. The normalized spacial score (nSPS) is 27.5. The van der Waals surface area contributed by atoms with Gasteiger partial charge in [0, 0.05) is 19.7 Å². The molecule has 0 aromatic carbocycles. The lowest BCUT2D eigenvalue weighted by atomic mass is 9.97. The molecule has 1 fully saturated rings. The molecule has 2 atom stereocenters. The molecule has 13 heavy (non-hydrogen) atoms. The van der Waals surface area contributed by atoms with Crippen molar-refractivity contribution in [2.24, 2.45) is 17.6 Å². The fraction of sp³-hybridized carbons (Fsp3) is 1.00. The molecule has 0 aliphatic carbocycles. The summed E-state index contributed by atoms with van der Waals surface area (Å²) in [5, 5.41) is 8.94. The quantitative estimate of drug-likeness (QED) is 0.663. The monoisotopic (exact) mass is 186 g/mol. The van der Waals surface area contributed by atoms with Gasteiger partial charge in [-0.05, 0) is 37.8 Å². The number of piperidine rings is 1. The second-order valence-electron chi connectivity index (χ2n) is 4.29. The zero-order chi connectivity index (χ0) is 9.68. The summed E-state index contributed by atoms with van der Waals surface area (Å²) in [5.74, 6) is 1.08. The van der Waals surface area contributed by atoms with E-state index < -0.39 is 0 Å². The summed E-state index contributed by atoms with van der Waals surface area (Å²) < 4.78 is 0. The van der Waals surface area contributed by atoms with E-state index in [4.69, 9.17) is 10.8 Å². The summed E-state index contributed by atoms with van der Waals surface area (Å²) in [5.41, 5.74) is 5.65. The van der Waals surface area contributed by atoms with Crippen LogP contribution in [0.2, 0.25) is 0 Å². The van der Waals surface area contributed by atoms with Crippen LogP contribution in [0.4, 0.5) is 0 Å². The third-order valence-corrected chi connectivity index (χ3v) is 2.82. The topological polar surface area (TPSA) is 49.5 Å². The van der Waals surface area contributed by atoms with E-state index in [1.54, 1.807) is 0 Å². The fourth-order valence-corrected chi connectivity index (χ4v) is 2.01. The Hall–Kier alpha value is -0.120. The molecule has 2 unspecified atom stereocenters. The van der Waals surface area contributed by atoms with Crippen molar-refractivity contribution in [2.75, 3.05) is 32.8 Å². The van der Waals surface area contributed by atoms with Crippen LogP contribution in [0.15, 0.2) is 0 Å². The van der Waals surface area contributed by atoms with Crippen LogP contribution in [0.3, 0.4) is 0 Å². The van der Waals surface area contributed by atoms with Gasteiger partial charge in [0.05, 0.1) is 0 Å². The van der Waals surface area contributed by atoms with Gasteiger partial charge in [-0.2, -0.15) is 0 Å². The average Bonchev–Trinajstić information content (AvgIpc) is 2.18. The summed E-state index contributed by atoms with van der Waals surface area (Å²) in [4.78, 5) is 2.43. The van der Waals surface area contributed by atoms with Gasteiger partial charge in [-0.25, -0.2) is 0 Å². The SMILES string of the molecule is CC(CO)CN1CCCC(CN)C1. The van der Waals surface area contributed by atoms with Crippen LogP contribution in [0, 0.1) is 11.8 Å². The Kier molecular flexibility index (Phi) is 4.70. The molecule has 1 aliphatic heterocycles. The van der Waals surface area contributed by atoms with Gasteiger partial charge in [0.2, 0.25) is 0 Å². The molecule has 3 nitrogen and oxygen atoms in total. The molecule has 1 saturated heterocycles. The third kappa shape index (κ3) is 3.63. The van der Waals surface area contributed by atoms with E-state index in [2.05, 4.69) is 11.8 Å². The molecule has 1 aliphatic rings. The Bertz CT molecular complexity index is 139. The summed E-state index contributed by atoms with van der Waals surface area (Å²) in [7, 11) is 0. The van der Waals surface area contributed by atoms with E-state index in [0.717, 1.165) is 19.6 Å². The highest BCUT2D eigenvalue weighted by molar-refractivity contribution is 4.74. The fourth-order valence-electron chi connectivity index (χ4n) is 2.01. The first kappa shape index (κ1) is 11.0. The Labute approximate surface area is 80.9 Å². The van der Waals surface area contributed by atoms with Crippen LogP contribution >= 0.6 is 0 Å². The molecule has 0 aromatic heterocycles. The van der Waals surface area contributed by atoms with Crippen molar-refractivity contribution in [3.8, 4) is 0 Å². The summed E-state index contributed by atoms with van der Waals surface area (Å²) in [6.07, 6.45) is 2.54. The number of rotatable bonds is 4. The number of nitrogens with zero attached hydrogens (tertiary/aromatic N) is 1. The zero-order valence-electron chi connectivity index (χ0n) is 8.58. The van der Waals surface area contributed by atoms with Gasteiger partial charge < -0.3 is 15.7 Å². The minimum absolute atomic E-state index is 0.295. The van der Waals surface area contributed by atoms with Crippen LogP contribution in [-0.2, 0) is 0 Å². The van der Waals surface area contributed by atoms with Crippen LogP contribution < -0.4 is 5.73 Å². The highest BCUT2D eigenvalue weighted by Gasteiger charge is 2.19. The molecule has 0 amide bonds. The molecule has 1 heterocycles. The largest absolute Gasteiger partial charge is 0.396 e. The molecule has 1 rings (SSSR count). The predicted molar refractivity (Wildman–Crippen MR) is 54.5 cm³/mol. The van der Waals surface area contributed by atoms with Crippen molar-refractivity contribution in [2.45, 2.75) is 19.8 Å². The highest BCUT2D eigenvalue weighted by Crippen LogP contribution is 2.16. The van der Waals surface area contributed by atoms with E-state index in [9.17, 15) is 0 Å². The van der Waals surface area contributed by atoms with Gasteiger partial charge in [0.25, 0.3) is 0 Å². The van der Waals surface area contributed by atoms with Crippen molar-refractivity contribution < 1.29 is 5.11 Å². The minimum Gasteiger partial charge on any atom is -0.396 e. The Morgan fingerprint density at radius 1 is 1.62 bits per heavy atom. The van der Waals surface area contributed by atoms with Crippen LogP contribution in [0.25, 0.3) is 0 Å². The third-order valence-electron chi connectivity index (χ3n) is 2.82. The number of hydrogen-bond acceptors (Lipinski definition) is 3. The second kappa shape index (κ2) is 5.58. The van der Waals surface area contributed by atoms with Gasteiger partial charge in [-0.1, -0.05) is 6.92 Å². The van der Waals surface area contributed by atoms with Gasteiger partial charge in [0.15, 0.2) is 0 Å². The first-order chi connectivity index (χ1) is 6.26. The van der Waals surface area contributed by atoms with E-state index in [0.29, 0.717) is 18.4 Å². The lowest BCUT2D eigenvalue weighted by Crippen LogP contribution is -2.40. The molecule has 78 valence electrons. The maximum Gasteiger partial charge on any atom is 0.0468 e. The predicted octanol–water partition coefficient (Wildman–Crippen LogP) is 0.285. The molecule has 0 bridgehead atoms. The molecule has 0 saturated carbocycles. The number of aliphatic hydroxyl groups is 1. The smallest absolute Gasteiger partial charge is 0.0468 e. The summed E-state index contributed by atoms with van der Waals surface area (Å²) in [6.45, 7) is 6.52. The van der Waals surface area contributed by atoms with Crippen molar-refractivity contribution in [1.29, 1.82) is 0 Å².